The van der Waals surface area contributed by atoms with Gasteiger partial charge in [0.1, 0.15) is 5.82 Å². The Morgan fingerprint density at radius 2 is 1.76 bits per heavy atom. The van der Waals surface area contributed by atoms with Crippen LogP contribution in [0.25, 0.3) is 11.5 Å². The van der Waals surface area contributed by atoms with Crippen LogP contribution in [0.3, 0.4) is 0 Å². The van der Waals surface area contributed by atoms with Crippen molar-refractivity contribution < 1.29 is 13.6 Å². The Morgan fingerprint density at radius 3 is 2.40 bits per heavy atom. The zero-order valence-corrected chi connectivity index (χ0v) is 13.3. The fourth-order valence-electron chi connectivity index (χ4n) is 2.55. The second-order valence-corrected chi connectivity index (χ2v) is 5.76. The molecule has 3 aromatic rings. The Hall–Kier alpha value is -3.22. The standard InChI is InChI=1S/C18H15FN4O2/c19-14-6-2-13(3-7-14)17-21-22-18(25-17)20-16(24)12-4-8-15(9-5-12)23-10-1-11-23/h2-9H,1,10-11H2,(H,20,22,24). The highest BCUT2D eigenvalue weighted by Crippen LogP contribution is 2.22. The molecule has 1 aliphatic rings. The summed E-state index contributed by atoms with van der Waals surface area (Å²) in [5.41, 5.74) is 2.19. The van der Waals surface area contributed by atoms with Crippen molar-refractivity contribution in [2.24, 2.45) is 0 Å². The third kappa shape index (κ3) is 3.21. The number of carbonyl (C=O) groups is 1. The SMILES string of the molecule is O=C(Nc1nnc(-c2ccc(F)cc2)o1)c1ccc(N2CCC2)cc1. The average molecular weight is 338 g/mol. The summed E-state index contributed by atoms with van der Waals surface area (Å²) in [5.74, 6) is -0.466. The van der Waals surface area contributed by atoms with Crippen LogP contribution in [-0.2, 0) is 0 Å². The van der Waals surface area contributed by atoms with Crippen molar-refractivity contribution in [3.63, 3.8) is 0 Å². The number of nitrogens with zero attached hydrogens (tertiary/aromatic N) is 3. The molecule has 2 aromatic carbocycles. The summed E-state index contributed by atoms with van der Waals surface area (Å²) in [6.07, 6.45) is 1.20. The summed E-state index contributed by atoms with van der Waals surface area (Å²) in [6.45, 7) is 2.11. The lowest BCUT2D eigenvalue weighted by Crippen LogP contribution is -2.36. The van der Waals surface area contributed by atoms with E-state index in [1.165, 1.54) is 30.7 Å². The van der Waals surface area contributed by atoms with Gasteiger partial charge in [0.05, 0.1) is 0 Å². The first-order valence-corrected chi connectivity index (χ1v) is 7.95. The third-order valence-corrected chi connectivity index (χ3v) is 4.09. The van der Waals surface area contributed by atoms with Crippen LogP contribution in [0.4, 0.5) is 16.1 Å². The highest BCUT2D eigenvalue weighted by molar-refractivity contribution is 6.03. The molecule has 2 heterocycles. The van der Waals surface area contributed by atoms with Crippen molar-refractivity contribution in [3.8, 4) is 11.5 Å². The van der Waals surface area contributed by atoms with Crippen molar-refractivity contribution in [2.45, 2.75) is 6.42 Å². The fraction of sp³-hybridized carbons (Fsp3) is 0.167. The molecule has 7 heteroatoms. The zero-order valence-electron chi connectivity index (χ0n) is 13.3. The van der Waals surface area contributed by atoms with E-state index in [9.17, 15) is 9.18 Å². The molecule has 1 amide bonds. The van der Waals surface area contributed by atoms with E-state index >= 15 is 0 Å². The highest BCUT2D eigenvalue weighted by atomic mass is 19.1. The van der Waals surface area contributed by atoms with E-state index in [0.717, 1.165) is 18.8 Å². The minimum Gasteiger partial charge on any atom is -0.403 e. The summed E-state index contributed by atoms with van der Waals surface area (Å²) >= 11 is 0. The second-order valence-electron chi connectivity index (χ2n) is 5.76. The summed E-state index contributed by atoms with van der Waals surface area (Å²) in [6, 6.07) is 13.0. The van der Waals surface area contributed by atoms with Crippen molar-refractivity contribution in [1.29, 1.82) is 0 Å². The zero-order chi connectivity index (χ0) is 17.2. The normalized spacial score (nSPS) is 13.4. The molecule has 1 saturated heterocycles. The van der Waals surface area contributed by atoms with E-state index in [1.807, 2.05) is 12.1 Å². The minimum absolute atomic E-state index is 0.00357. The maximum Gasteiger partial charge on any atom is 0.322 e. The van der Waals surface area contributed by atoms with Gasteiger partial charge >= 0.3 is 6.01 Å². The molecule has 126 valence electrons. The number of hydrogen-bond acceptors (Lipinski definition) is 5. The molecule has 6 nitrogen and oxygen atoms in total. The van der Waals surface area contributed by atoms with Gasteiger partial charge in [0, 0.05) is 29.9 Å². The first kappa shape index (κ1) is 15.3. The number of carbonyl (C=O) groups excluding carboxylic acids is 1. The van der Waals surface area contributed by atoms with Gasteiger partial charge in [-0.1, -0.05) is 5.10 Å². The number of benzene rings is 2. The first-order valence-electron chi connectivity index (χ1n) is 7.95. The molecule has 4 rings (SSSR count). The summed E-state index contributed by atoms with van der Waals surface area (Å²) in [5, 5.41) is 10.2. The van der Waals surface area contributed by atoms with Gasteiger partial charge in [-0.25, -0.2) is 4.39 Å². The minimum atomic E-state index is -0.349. The molecule has 0 bridgehead atoms. The van der Waals surface area contributed by atoms with Crippen molar-refractivity contribution in [2.75, 3.05) is 23.3 Å². The van der Waals surface area contributed by atoms with E-state index < -0.39 is 0 Å². The molecular formula is C18H15FN4O2. The molecule has 1 N–H and O–H groups in total. The van der Waals surface area contributed by atoms with E-state index in [2.05, 4.69) is 20.4 Å². The molecule has 0 spiro atoms. The first-order chi connectivity index (χ1) is 12.2. The number of anilines is 2. The van der Waals surface area contributed by atoms with Gasteiger partial charge < -0.3 is 9.32 Å². The van der Waals surface area contributed by atoms with Crippen LogP contribution in [0, 0.1) is 5.82 Å². The Bertz CT molecular complexity index is 886. The van der Waals surface area contributed by atoms with Crippen LogP contribution in [0.5, 0.6) is 0 Å². The van der Waals surface area contributed by atoms with E-state index in [0.29, 0.717) is 11.1 Å². The van der Waals surface area contributed by atoms with Gasteiger partial charge in [-0.15, -0.1) is 5.10 Å². The molecule has 25 heavy (non-hydrogen) atoms. The lowest BCUT2D eigenvalue weighted by Gasteiger charge is -2.33. The van der Waals surface area contributed by atoms with Crippen LogP contribution in [-0.4, -0.2) is 29.2 Å². The number of rotatable bonds is 4. The van der Waals surface area contributed by atoms with Crippen LogP contribution in [0.1, 0.15) is 16.8 Å². The van der Waals surface area contributed by atoms with Gasteiger partial charge in [-0.2, -0.15) is 0 Å². The van der Waals surface area contributed by atoms with Gasteiger partial charge in [0.15, 0.2) is 0 Å². The summed E-state index contributed by atoms with van der Waals surface area (Å²) < 4.78 is 18.4. The Morgan fingerprint density at radius 1 is 1.04 bits per heavy atom. The fourth-order valence-corrected chi connectivity index (χ4v) is 2.55. The average Bonchev–Trinajstić information content (AvgIpc) is 3.03. The molecule has 1 aromatic heterocycles. The monoisotopic (exact) mass is 338 g/mol. The summed E-state index contributed by atoms with van der Waals surface area (Å²) in [4.78, 5) is 14.5. The number of hydrogen-bond donors (Lipinski definition) is 1. The molecule has 1 fully saturated rings. The maximum atomic E-state index is 12.9. The molecule has 0 aliphatic carbocycles. The van der Waals surface area contributed by atoms with E-state index in [-0.39, 0.29) is 23.6 Å². The number of nitrogens with one attached hydrogen (secondary N) is 1. The van der Waals surface area contributed by atoms with Crippen LogP contribution in [0.15, 0.2) is 52.9 Å². The van der Waals surface area contributed by atoms with Gasteiger partial charge in [-0.05, 0) is 55.0 Å². The molecule has 0 atom stereocenters. The van der Waals surface area contributed by atoms with Gasteiger partial charge in [0.2, 0.25) is 5.89 Å². The van der Waals surface area contributed by atoms with E-state index in [4.69, 9.17) is 4.42 Å². The van der Waals surface area contributed by atoms with Gasteiger partial charge in [0.25, 0.3) is 5.91 Å². The maximum absolute atomic E-state index is 12.9. The Labute approximate surface area is 143 Å². The lowest BCUT2D eigenvalue weighted by molar-refractivity contribution is 0.102. The Balaban J connectivity index is 1.44. The predicted octanol–water partition coefficient (Wildman–Crippen LogP) is 3.34. The van der Waals surface area contributed by atoms with Crippen molar-refractivity contribution >= 4 is 17.6 Å². The lowest BCUT2D eigenvalue weighted by atomic mass is 10.1. The highest BCUT2D eigenvalue weighted by Gasteiger charge is 2.16. The van der Waals surface area contributed by atoms with Crippen molar-refractivity contribution in [3.05, 3.63) is 59.9 Å². The van der Waals surface area contributed by atoms with Crippen LogP contribution < -0.4 is 10.2 Å². The Kier molecular flexibility index (Phi) is 3.89. The quantitative estimate of drug-likeness (QED) is 0.790. The molecule has 0 radical (unpaired) electrons. The van der Waals surface area contributed by atoms with Gasteiger partial charge in [-0.3, -0.25) is 10.1 Å². The van der Waals surface area contributed by atoms with E-state index in [1.54, 1.807) is 12.1 Å². The molecule has 1 aliphatic heterocycles. The molecular weight excluding hydrogens is 323 g/mol. The third-order valence-electron chi connectivity index (χ3n) is 4.09. The topological polar surface area (TPSA) is 71.3 Å². The van der Waals surface area contributed by atoms with Crippen LogP contribution >= 0.6 is 0 Å². The molecule has 0 saturated carbocycles. The molecule has 0 unspecified atom stereocenters. The summed E-state index contributed by atoms with van der Waals surface area (Å²) in [7, 11) is 0. The largest absolute Gasteiger partial charge is 0.403 e. The second kappa shape index (κ2) is 6.35. The number of halogens is 1. The van der Waals surface area contributed by atoms with Crippen LogP contribution in [0.2, 0.25) is 0 Å². The van der Waals surface area contributed by atoms with Crippen molar-refractivity contribution in [1.82, 2.24) is 10.2 Å². The number of amides is 1. The smallest absolute Gasteiger partial charge is 0.322 e. The predicted molar refractivity (Wildman–Crippen MR) is 90.9 cm³/mol. The number of aromatic nitrogens is 2.